The first-order valence-electron chi connectivity index (χ1n) is 9.86. The van der Waals surface area contributed by atoms with Gasteiger partial charge in [0.2, 0.25) is 11.5 Å². The minimum atomic E-state index is -0.249. The lowest BCUT2D eigenvalue weighted by Gasteiger charge is -2.16. The van der Waals surface area contributed by atoms with Crippen LogP contribution in [0.25, 0.3) is 21.3 Å². The second kappa shape index (κ2) is 9.21. The van der Waals surface area contributed by atoms with Crippen molar-refractivity contribution in [1.82, 2.24) is 4.98 Å². The number of carbonyl (C=O) groups excluding carboxylic acids is 1. The van der Waals surface area contributed by atoms with Crippen LogP contribution in [0.4, 0.5) is 11.5 Å². The predicted molar refractivity (Wildman–Crippen MR) is 136 cm³/mol. The van der Waals surface area contributed by atoms with Crippen molar-refractivity contribution < 1.29 is 19.0 Å². The molecule has 0 aliphatic rings. The van der Waals surface area contributed by atoms with Gasteiger partial charge >= 0.3 is 0 Å². The Hall–Kier alpha value is -3.81. The summed E-state index contributed by atoms with van der Waals surface area (Å²) in [4.78, 5) is 18.4. The first-order valence-corrected chi connectivity index (χ1v) is 11.5. The molecular formula is C24H19BrN4O4S. The van der Waals surface area contributed by atoms with Crippen LogP contribution in [0.3, 0.4) is 0 Å². The Kier molecular flexibility index (Phi) is 6.32. The molecule has 0 aliphatic carbocycles. The lowest BCUT2D eigenvalue weighted by molar-refractivity contribution is 0.104. The van der Waals surface area contributed by atoms with E-state index in [1.807, 2.05) is 0 Å². The van der Waals surface area contributed by atoms with Crippen molar-refractivity contribution >= 4 is 54.8 Å². The number of nitriles is 1. The number of ether oxygens (including phenoxy) is 3. The zero-order chi connectivity index (χ0) is 24.6. The van der Waals surface area contributed by atoms with Crippen LogP contribution in [0.15, 0.2) is 40.9 Å². The second-order valence-corrected chi connectivity index (χ2v) is 9.05. The van der Waals surface area contributed by atoms with Gasteiger partial charge < -0.3 is 25.7 Å². The van der Waals surface area contributed by atoms with Gasteiger partial charge in [0.1, 0.15) is 27.2 Å². The molecule has 0 saturated heterocycles. The Morgan fingerprint density at radius 1 is 1.06 bits per heavy atom. The van der Waals surface area contributed by atoms with E-state index in [1.165, 1.54) is 21.3 Å². The smallest absolute Gasteiger partial charge is 0.205 e. The van der Waals surface area contributed by atoms with Crippen LogP contribution in [0.2, 0.25) is 0 Å². The number of rotatable bonds is 6. The first kappa shape index (κ1) is 23.4. The normalized spacial score (nSPS) is 10.7. The van der Waals surface area contributed by atoms with Crippen molar-refractivity contribution in [3.63, 3.8) is 0 Å². The number of carbonyl (C=O) groups is 1. The molecule has 2 aromatic heterocycles. The quantitative estimate of drug-likeness (QED) is 0.327. The third-order valence-electron chi connectivity index (χ3n) is 5.28. The second-order valence-electron chi connectivity index (χ2n) is 7.13. The van der Waals surface area contributed by atoms with Crippen molar-refractivity contribution in [3.8, 4) is 34.4 Å². The number of nitrogens with zero attached hydrogens (tertiary/aromatic N) is 2. The average Bonchev–Trinajstić information content (AvgIpc) is 3.17. The predicted octanol–water partition coefficient (Wildman–Crippen LogP) is 5.02. The summed E-state index contributed by atoms with van der Waals surface area (Å²) >= 11 is 4.50. The lowest BCUT2D eigenvalue weighted by Crippen LogP contribution is -2.03. The Morgan fingerprint density at radius 3 is 2.21 bits per heavy atom. The molecule has 0 fully saturated rings. The molecule has 4 rings (SSSR count). The number of benzene rings is 2. The molecule has 2 aromatic carbocycles. The van der Waals surface area contributed by atoms with Crippen molar-refractivity contribution in [2.75, 3.05) is 32.8 Å². The van der Waals surface area contributed by atoms with E-state index in [1.54, 1.807) is 36.4 Å². The number of halogens is 1. The summed E-state index contributed by atoms with van der Waals surface area (Å²) in [7, 11) is 4.49. The monoisotopic (exact) mass is 538 g/mol. The van der Waals surface area contributed by atoms with E-state index in [-0.39, 0.29) is 22.9 Å². The van der Waals surface area contributed by atoms with Crippen molar-refractivity contribution in [1.29, 1.82) is 5.26 Å². The van der Waals surface area contributed by atoms with Gasteiger partial charge in [-0.25, -0.2) is 4.98 Å². The standard InChI is InChI=1S/C24H19BrN4O4S/c1-31-15-8-12(9-16(32-2)21(15)33-3)17-14(10-26)23(28)29-24-18(17)19(27)22(34-24)20(30)11-4-6-13(25)7-5-11/h4-9H,27H2,1-3H3,(H2,28,29). The molecule has 0 radical (unpaired) electrons. The van der Waals surface area contributed by atoms with Crippen LogP contribution < -0.4 is 25.7 Å². The minimum absolute atomic E-state index is 0.0302. The molecule has 34 heavy (non-hydrogen) atoms. The maximum absolute atomic E-state index is 13.3. The SMILES string of the molecule is COc1cc(-c2c(C#N)c(N)nc3sc(C(=O)c4ccc(Br)cc4)c(N)c23)cc(OC)c1OC. The molecule has 8 nitrogen and oxygen atoms in total. The van der Waals surface area contributed by atoms with Gasteiger partial charge in [0, 0.05) is 21.0 Å². The number of anilines is 2. The van der Waals surface area contributed by atoms with Gasteiger partial charge in [0.25, 0.3) is 0 Å². The van der Waals surface area contributed by atoms with E-state index in [0.717, 1.165) is 15.8 Å². The van der Waals surface area contributed by atoms with Crippen molar-refractivity contribution in [2.24, 2.45) is 0 Å². The highest BCUT2D eigenvalue weighted by Crippen LogP contribution is 2.47. The van der Waals surface area contributed by atoms with Gasteiger partial charge in [0.05, 0.1) is 27.0 Å². The molecule has 0 aliphatic heterocycles. The molecule has 0 unspecified atom stereocenters. The molecule has 0 atom stereocenters. The number of nitrogens with two attached hydrogens (primary N) is 2. The largest absolute Gasteiger partial charge is 0.493 e. The summed E-state index contributed by atoms with van der Waals surface area (Å²) in [6.07, 6.45) is 0. The van der Waals surface area contributed by atoms with Gasteiger partial charge in [-0.2, -0.15) is 5.26 Å². The van der Waals surface area contributed by atoms with E-state index >= 15 is 0 Å². The maximum atomic E-state index is 13.3. The van der Waals surface area contributed by atoms with Crippen LogP contribution in [0, 0.1) is 11.3 Å². The average molecular weight is 539 g/mol. The van der Waals surface area contributed by atoms with Crippen molar-refractivity contribution in [3.05, 3.63) is 56.9 Å². The zero-order valence-corrected chi connectivity index (χ0v) is 20.8. The molecule has 0 amide bonds. The summed E-state index contributed by atoms with van der Waals surface area (Å²) in [5.74, 6) is 0.965. The van der Waals surface area contributed by atoms with Crippen LogP contribution in [-0.2, 0) is 0 Å². The molecule has 10 heteroatoms. The number of nitrogen functional groups attached to an aromatic ring is 2. The number of hydrogen-bond acceptors (Lipinski definition) is 9. The zero-order valence-electron chi connectivity index (χ0n) is 18.4. The van der Waals surface area contributed by atoms with Crippen molar-refractivity contribution in [2.45, 2.75) is 0 Å². The summed E-state index contributed by atoms with van der Waals surface area (Å²) < 4.78 is 17.2. The van der Waals surface area contributed by atoms with Gasteiger partial charge in [-0.3, -0.25) is 4.79 Å². The number of fused-ring (bicyclic) bond motifs is 1. The van der Waals surface area contributed by atoms with Crippen LogP contribution in [-0.4, -0.2) is 32.1 Å². The molecule has 0 saturated carbocycles. The van der Waals surface area contributed by atoms with Gasteiger partial charge in [0.15, 0.2) is 11.5 Å². The molecule has 2 heterocycles. The van der Waals surface area contributed by atoms with Crippen LogP contribution >= 0.6 is 27.3 Å². The summed E-state index contributed by atoms with van der Waals surface area (Å²) in [6.45, 7) is 0. The molecule has 4 N–H and O–H groups in total. The lowest BCUT2D eigenvalue weighted by atomic mass is 9.96. The molecule has 0 bridgehead atoms. The summed E-state index contributed by atoms with van der Waals surface area (Å²) in [5, 5.41) is 10.4. The highest BCUT2D eigenvalue weighted by molar-refractivity contribution is 9.10. The third-order valence-corrected chi connectivity index (χ3v) is 6.91. The van der Waals surface area contributed by atoms with Crippen LogP contribution in [0.5, 0.6) is 17.2 Å². The Morgan fingerprint density at radius 2 is 1.68 bits per heavy atom. The number of methoxy groups -OCH3 is 3. The molecule has 4 aromatic rings. The van der Waals surface area contributed by atoms with E-state index < -0.39 is 0 Å². The fraction of sp³-hybridized carbons (Fsp3) is 0.125. The number of hydrogen-bond donors (Lipinski definition) is 2. The molecule has 172 valence electrons. The van der Waals surface area contributed by atoms with E-state index in [0.29, 0.717) is 49.0 Å². The number of ketones is 1. The highest BCUT2D eigenvalue weighted by atomic mass is 79.9. The third kappa shape index (κ3) is 3.79. The number of aromatic nitrogens is 1. The summed E-state index contributed by atoms with van der Waals surface area (Å²) in [6, 6.07) is 12.5. The highest BCUT2D eigenvalue weighted by Gasteiger charge is 2.26. The fourth-order valence-electron chi connectivity index (χ4n) is 3.70. The van der Waals surface area contributed by atoms with E-state index in [4.69, 9.17) is 25.7 Å². The van der Waals surface area contributed by atoms with E-state index in [2.05, 4.69) is 27.0 Å². The van der Waals surface area contributed by atoms with Gasteiger partial charge in [-0.15, -0.1) is 11.3 Å². The van der Waals surface area contributed by atoms with E-state index in [9.17, 15) is 10.1 Å². The summed E-state index contributed by atoms with van der Waals surface area (Å²) in [5.41, 5.74) is 14.5. The fourth-order valence-corrected chi connectivity index (χ4v) is 5.04. The van der Waals surface area contributed by atoms with Gasteiger partial charge in [-0.1, -0.05) is 15.9 Å². The Bertz CT molecular complexity index is 1450. The number of pyridine rings is 1. The van der Waals surface area contributed by atoms with Gasteiger partial charge in [-0.05, 0) is 42.0 Å². The van der Waals surface area contributed by atoms with Crippen LogP contribution in [0.1, 0.15) is 20.8 Å². The molecule has 0 spiro atoms. The topological polar surface area (TPSA) is 133 Å². The minimum Gasteiger partial charge on any atom is -0.493 e. The Labute approximate surface area is 207 Å². The molecular weight excluding hydrogens is 520 g/mol. The first-order chi connectivity index (χ1) is 16.3. The maximum Gasteiger partial charge on any atom is 0.205 e. The Balaban J connectivity index is 2.04. The number of thiophene rings is 1.